The van der Waals surface area contributed by atoms with Crippen molar-refractivity contribution in [2.45, 2.75) is 30.6 Å². The maximum atomic E-state index is 13.0. The monoisotopic (exact) mass is 409 g/mol. The molecule has 1 aliphatic rings. The van der Waals surface area contributed by atoms with Gasteiger partial charge >= 0.3 is 0 Å². The zero-order valence-electron chi connectivity index (χ0n) is 14.6. The first-order valence-corrected chi connectivity index (χ1v) is 10.5. The lowest BCUT2D eigenvalue weighted by Gasteiger charge is -2.21. The molecule has 2 aromatic rings. The Hall–Kier alpha value is -2.16. The van der Waals surface area contributed by atoms with Crippen LogP contribution in [0.5, 0.6) is 0 Å². The van der Waals surface area contributed by atoms with Gasteiger partial charge < -0.3 is 10.3 Å². The summed E-state index contributed by atoms with van der Waals surface area (Å²) < 4.78 is 27.4. The minimum absolute atomic E-state index is 0.0633. The number of sulfonamides is 1. The predicted octanol–water partition coefficient (Wildman–Crippen LogP) is 2.85. The Labute approximate surface area is 162 Å². The topological polar surface area (TPSA) is 99.3 Å². The number of nitrogens with one attached hydrogen (secondary N) is 2. The Bertz CT molecular complexity index is 996. The Morgan fingerprint density at radius 3 is 2.48 bits per heavy atom. The van der Waals surface area contributed by atoms with Crippen molar-refractivity contribution in [2.75, 3.05) is 18.4 Å². The second kappa shape index (κ2) is 8.24. The molecule has 1 aromatic heterocycles. The minimum Gasteiger partial charge on any atom is -0.366 e. The highest BCUT2D eigenvalue weighted by Crippen LogP contribution is 2.27. The highest BCUT2D eigenvalue weighted by molar-refractivity contribution is 7.89. The highest BCUT2D eigenvalue weighted by Gasteiger charge is 2.28. The number of aromatic amines is 1. The quantitative estimate of drug-likeness (QED) is 0.810. The molecule has 2 heterocycles. The third-order valence-electron chi connectivity index (χ3n) is 4.45. The molecule has 1 aromatic carbocycles. The lowest BCUT2D eigenvalue weighted by molar-refractivity contribution is 0.102. The molecule has 144 valence electrons. The Morgan fingerprint density at radius 2 is 1.81 bits per heavy atom. The summed E-state index contributed by atoms with van der Waals surface area (Å²) in [6, 6.07) is 5.36. The SMILES string of the molecule is O=C(Nc1c[nH]ccc1=O)c1ccc(Cl)c(S(=O)(=O)N2CCCCCC2)c1. The van der Waals surface area contributed by atoms with Crippen molar-refractivity contribution in [3.8, 4) is 0 Å². The second-order valence-electron chi connectivity index (χ2n) is 6.34. The van der Waals surface area contributed by atoms with Crippen LogP contribution in [0, 0.1) is 0 Å². The molecular weight excluding hydrogens is 390 g/mol. The normalized spacial score (nSPS) is 15.9. The number of carbonyl (C=O) groups excluding carboxylic acids is 1. The van der Waals surface area contributed by atoms with Gasteiger partial charge in [0.1, 0.15) is 10.6 Å². The van der Waals surface area contributed by atoms with Gasteiger partial charge in [0.25, 0.3) is 5.91 Å². The Kier molecular flexibility index (Phi) is 5.98. The second-order valence-corrected chi connectivity index (χ2v) is 8.65. The van der Waals surface area contributed by atoms with Gasteiger partial charge in [0, 0.05) is 37.1 Å². The number of amides is 1. The van der Waals surface area contributed by atoms with Crippen molar-refractivity contribution < 1.29 is 13.2 Å². The standard InChI is InChI=1S/C18H20ClN3O4S/c19-14-6-5-13(18(24)21-15-12-20-8-7-16(15)23)11-17(14)27(25,26)22-9-3-1-2-4-10-22/h5-8,11-12H,1-4,9-10H2,(H,20,23)(H,21,24). The number of aromatic nitrogens is 1. The zero-order valence-corrected chi connectivity index (χ0v) is 16.1. The number of benzene rings is 1. The van der Waals surface area contributed by atoms with Crippen molar-refractivity contribution in [3.05, 3.63) is 57.5 Å². The van der Waals surface area contributed by atoms with E-state index < -0.39 is 15.9 Å². The van der Waals surface area contributed by atoms with Crippen molar-refractivity contribution in [1.82, 2.24) is 9.29 Å². The number of hydrogen-bond donors (Lipinski definition) is 2. The van der Waals surface area contributed by atoms with Gasteiger partial charge in [0.05, 0.1) is 5.02 Å². The maximum absolute atomic E-state index is 13.0. The summed E-state index contributed by atoms with van der Waals surface area (Å²) in [7, 11) is -3.80. The lowest BCUT2D eigenvalue weighted by atomic mass is 10.2. The Balaban J connectivity index is 1.90. The molecule has 1 amide bonds. The van der Waals surface area contributed by atoms with Crippen LogP contribution in [-0.4, -0.2) is 36.7 Å². The van der Waals surface area contributed by atoms with E-state index in [0.29, 0.717) is 13.1 Å². The van der Waals surface area contributed by atoms with Crippen molar-refractivity contribution in [3.63, 3.8) is 0 Å². The number of pyridine rings is 1. The smallest absolute Gasteiger partial charge is 0.255 e. The summed E-state index contributed by atoms with van der Waals surface area (Å²) in [5.41, 5.74) is -0.168. The van der Waals surface area contributed by atoms with E-state index in [0.717, 1.165) is 25.7 Å². The van der Waals surface area contributed by atoms with Gasteiger partial charge in [0.2, 0.25) is 15.5 Å². The number of anilines is 1. The van der Waals surface area contributed by atoms with E-state index in [1.54, 1.807) is 0 Å². The summed E-state index contributed by atoms with van der Waals surface area (Å²) in [4.78, 5) is 26.8. The molecule has 27 heavy (non-hydrogen) atoms. The fourth-order valence-electron chi connectivity index (χ4n) is 2.97. The number of halogens is 1. The average Bonchev–Trinajstić information content (AvgIpc) is 2.94. The fourth-order valence-corrected chi connectivity index (χ4v) is 4.99. The molecule has 0 spiro atoms. The number of nitrogens with zero attached hydrogens (tertiary/aromatic N) is 1. The van der Waals surface area contributed by atoms with Gasteiger partial charge in [-0.15, -0.1) is 0 Å². The molecule has 0 unspecified atom stereocenters. The van der Waals surface area contributed by atoms with Gasteiger partial charge in [-0.25, -0.2) is 8.42 Å². The third-order valence-corrected chi connectivity index (χ3v) is 6.83. The summed E-state index contributed by atoms with van der Waals surface area (Å²) in [6.45, 7) is 0.878. The molecule has 9 heteroatoms. The van der Waals surface area contributed by atoms with Gasteiger partial charge in [-0.05, 0) is 31.0 Å². The minimum atomic E-state index is -3.80. The van der Waals surface area contributed by atoms with E-state index in [-0.39, 0.29) is 26.6 Å². The fraction of sp³-hybridized carbons (Fsp3) is 0.333. The van der Waals surface area contributed by atoms with Crippen LogP contribution in [0.2, 0.25) is 5.02 Å². The van der Waals surface area contributed by atoms with E-state index in [1.165, 1.54) is 41.0 Å². The van der Waals surface area contributed by atoms with Crippen LogP contribution in [0.3, 0.4) is 0 Å². The summed E-state index contributed by atoms with van der Waals surface area (Å²) in [5, 5.41) is 2.54. The molecule has 0 radical (unpaired) electrons. The predicted molar refractivity (Wildman–Crippen MR) is 104 cm³/mol. The van der Waals surface area contributed by atoms with Crippen molar-refractivity contribution in [1.29, 1.82) is 0 Å². The van der Waals surface area contributed by atoms with E-state index >= 15 is 0 Å². The number of carbonyl (C=O) groups is 1. The van der Waals surface area contributed by atoms with Crippen LogP contribution in [0.25, 0.3) is 0 Å². The number of rotatable bonds is 4. The van der Waals surface area contributed by atoms with Crippen LogP contribution in [0.15, 0.2) is 46.3 Å². The molecular formula is C18H20ClN3O4S. The van der Waals surface area contributed by atoms with Gasteiger partial charge in [-0.1, -0.05) is 24.4 Å². The van der Waals surface area contributed by atoms with Crippen molar-refractivity contribution >= 4 is 33.2 Å². The maximum Gasteiger partial charge on any atom is 0.255 e. The molecule has 1 aliphatic heterocycles. The summed E-state index contributed by atoms with van der Waals surface area (Å²) in [6.07, 6.45) is 6.40. The summed E-state index contributed by atoms with van der Waals surface area (Å²) >= 11 is 6.14. The van der Waals surface area contributed by atoms with E-state index in [1.807, 2.05) is 0 Å². The molecule has 1 fully saturated rings. The van der Waals surface area contributed by atoms with E-state index in [9.17, 15) is 18.0 Å². The number of hydrogen-bond acceptors (Lipinski definition) is 4. The largest absolute Gasteiger partial charge is 0.366 e. The van der Waals surface area contributed by atoms with Crippen LogP contribution in [0.1, 0.15) is 36.0 Å². The van der Waals surface area contributed by atoms with Gasteiger partial charge in [-0.3, -0.25) is 9.59 Å². The molecule has 3 rings (SSSR count). The first kappa shape index (κ1) is 19.6. The van der Waals surface area contributed by atoms with E-state index in [4.69, 9.17) is 11.6 Å². The summed E-state index contributed by atoms with van der Waals surface area (Å²) in [5.74, 6) is -0.587. The Morgan fingerprint density at radius 1 is 1.11 bits per heavy atom. The lowest BCUT2D eigenvalue weighted by Crippen LogP contribution is -2.32. The molecule has 1 saturated heterocycles. The van der Waals surface area contributed by atoms with Crippen molar-refractivity contribution in [2.24, 2.45) is 0 Å². The van der Waals surface area contributed by atoms with E-state index in [2.05, 4.69) is 10.3 Å². The highest BCUT2D eigenvalue weighted by atomic mass is 35.5. The van der Waals surface area contributed by atoms with Crippen LogP contribution in [-0.2, 0) is 10.0 Å². The first-order chi connectivity index (χ1) is 12.9. The number of H-pyrrole nitrogens is 1. The molecule has 2 N–H and O–H groups in total. The molecule has 0 aliphatic carbocycles. The van der Waals surface area contributed by atoms with Crippen LogP contribution >= 0.6 is 11.6 Å². The average molecular weight is 410 g/mol. The molecule has 7 nitrogen and oxygen atoms in total. The zero-order chi connectivity index (χ0) is 19.4. The van der Waals surface area contributed by atoms with Gasteiger partial charge in [0.15, 0.2) is 0 Å². The van der Waals surface area contributed by atoms with Crippen LogP contribution in [0.4, 0.5) is 5.69 Å². The molecule has 0 saturated carbocycles. The first-order valence-electron chi connectivity index (χ1n) is 8.68. The molecule has 0 atom stereocenters. The van der Waals surface area contributed by atoms with Crippen LogP contribution < -0.4 is 10.7 Å². The van der Waals surface area contributed by atoms with Gasteiger partial charge in [-0.2, -0.15) is 4.31 Å². The molecule has 0 bridgehead atoms. The third kappa shape index (κ3) is 4.40.